The van der Waals surface area contributed by atoms with Gasteiger partial charge in [0.05, 0.1) is 25.2 Å². The second kappa shape index (κ2) is 14.2. The van der Waals surface area contributed by atoms with Gasteiger partial charge in [-0.3, -0.25) is 19.2 Å². The van der Waals surface area contributed by atoms with E-state index in [1.807, 2.05) is 6.92 Å². The predicted molar refractivity (Wildman–Crippen MR) is 150 cm³/mol. The van der Waals surface area contributed by atoms with Crippen LogP contribution >= 0.6 is 11.3 Å². The molecule has 2 bridgehead atoms. The molecule has 3 rings (SSSR count). The number of carbonyl (C=O) groups excluding carboxylic acids is 4. The number of hydrogen-bond donors (Lipinski definition) is 5. The molecular weight excluding hydrogens is 536 g/mol. The Balaban J connectivity index is 1.80. The standard InChI is InChI=1S/C27H38N6O6S/c1-15(2)11-19(28)26-31-20(14-40-26)27(38)33-9-7-30-25(37)23(17(4)34)32-24(36)18-6-5-16(3)21(12-18)39-10-8-29-22(35)13-33/h5-6,12,14-15,17,19,23,34H,7-11,13,28H2,1-4H3,(H,29,35)(H,30,37)(H,32,36)/t17-,19+,23+/m1/s1. The average Bonchev–Trinajstić information content (AvgIpc) is 3.39. The lowest BCUT2D eigenvalue weighted by molar-refractivity contribution is -0.125. The number of nitrogens with one attached hydrogen (secondary N) is 3. The van der Waals surface area contributed by atoms with Crippen molar-refractivity contribution in [2.45, 2.75) is 52.3 Å². The van der Waals surface area contributed by atoms with E-state index in [1.54, 1.807) is 17.5 Å². The number of ether oxygens (including phenoxy) is 1. The summed E-state index contributed by atoms with van der Waals surface area (Å²) in [6, 6.07) is 3.29. The average molecular weight is 575 g/mol. The number of amides is 4. The minimum absolute atomic E-state index is 0.0140. The molecule has 6 N–H and O–H groups in total. The maximum atomic E-state index is 13.3. The van der Waals surface area contributed by atoms with Crippen LogP contribution in [-0.2, 0) is 9.59 Å². The van der Waals surface area contributed by atoms with Crippen LogP contribution in [0.2, 0.25) is 0 Å². The van der Waals surface area contributed by atoms with Crippen molar-refractivity contribution in [1.82, 2.24) is 25.8 Å². The summed E-state index contributed by atoms with van der Waals surface area (Å²) in [7, 11) is 0. The summed E-state index contributed by atoms with van der Waals surface area (Å²) in [5.41, 5.74) is 7.42. The zero-order valence-corrected chi connectivity index (χ0v) is 24.0. The van der Waals surface area contributed by atoms with Gasteiger partial charge in [-0.05, 0) is 43.9 Å². The van der Waals surface area contributed by atoms with E-state index >= 15 is 0 Å². The van der Waals surface area contributed by atoms with Crippen molar-refractivity contribution in [3.05, 3.63) is 45.4 Å². The molecule has 0 unspecified atom stereocenters. The van der Waals surface area contributed by atoms with Crippen molar-refractivity contribution in [2.24, 2.45) is 11.7 Å². The molecule has 0 spiro atoms. The van der Waals surface area contributed by atoms with Crippen LogP contribution in [0.15, 0.2) is 23.6 Å². The molecule has 2 aromatic rings. The second-order valence-electron chi connectivity index (χ2n) is 10.2. The van der Waals surface area contributed by atoms with Gasteiger partial charge in [0.25, 0.3) is 11.8 Å². The number of benzene rings is 1. The molecular formula is C27H38N6O6S. The number of aryl methyl sites for hydroxylation is 1. The molecule has 0 saturated heterocycles. The third-order valence-corrected chi connectivity index (χ3v) is 7.25. The van der Waals surface area contributed by atoms with E-state index in [9.17, 15) is 24.3 Å². The highest BCUT2D eigenvalue weighted by Gasteiger charge is 2.28. The van der Waals surface area contributed by atoms with Gasteiger partial charge in [0, 0.05) is 24.0 Å². The molecule has 0 saturated carbocycles. The summed E-state index contributed by atoms with van der Waals surface area (Å²) in [5, 5.41) is 20.4. The maximum Gasteiger partial charge on any atom is 0.273 e. The fourth-order valence-electron chi connectivity index (χ4n) is 4.11. The number of aliphatic hydroxyl groups is 1. The van der Waals surface area contributed by atoms with E-state index in [-0.39, 0.29) is 50.1 Å². The molecule has 0 aliphatic carbocycles. The van der Waals surface area contributed by atoms with Crippen LogP contribution in [0.25, 0.3) is 0 Å². The number of nitrogens with zero attached hydrogens (tertiary/aromatic N) is 2. The van der Waals surface area contributed by atoms with Crippen LogP contribution in [0.4, 0.5) is 0 Å². The normalized spacial score (nSPS) is 19.1. The van der Waals surface area contributed by atoms with Gasteiger partial charge in [-0.15, -0.1) is 11.3 Å². The summed E-state index contributed by atoms with van der Waals surface area (Å²) >= 11 is 1.29. The molecule has 3 atom stereocenters. The Bertz CT molecular complexity index is 1220. The van der Waals surface area contributed by atoms with Crippen molar-refractivity contribution in [3.8, 4) is 5.75 Å². The highest BCUT2D eigenvalue weighted by Crippen LogP contribution is 2.23. The van der Waals surface area contributed by atoms with Crippen LogP contribution in [-0.4, -0.2) is 83.6 Å². The largest absolute Gasteiger partial charge is 0.491 e. The molecule has 40 heavy (non-hydrogen) atoms. The van der Waals surface area contributed by atoms with Gasteiger partial charge in [-0.25, -0.2) is 4.98 Å². The number of thiazole rings is 1. The zero-order chi connectivity index (χ0) is 29.4. The monoisotopic (exact) mass is 574 g/mol. The molecule has 4 amide bonds. The van der Waals surface area contributed by atoms with E-state index in [2.05, 4.69) is 34.8 Å². The van der Waals surface area contributed by atoms with Crippen LogP contribution in [0.3, 0.4) is 0 Å². The van der Waals surface area contributed by atoms with Gasteiger partial charge in [0.15, 0.2) is 0 Å². The first kappa shape index (κ1) is 31.0. The summed E-state index contributed by atoms with van der Waals surface area (Å²) in [5.74, 6) is -1.29. The van der Waals surface area contributed by atoms with Crippen molar-refractivity contribution < 1.29 is 29.0 Å². The minimum atomic E-state index is -1.25. The van der Waals surface area contributed by atoms with Gasteiger partial charge in [-0.2, -0.15) is 0 Å². The van der Waals surface area contributed by atoms with Crippen molar-refractivity contribution in [3.63, 3.8) is 0 Å². The smallest absolute Gasteiger partial charge is 0.273 e. The van der Waals surface area contributed by atoms with Gasteiger partial charge < -0.3 is 36.4 Å². The third-order valence-electron chi connectivity index (χ3n) is 6.27. The number of nitrogens with two attached hydrogens (primary N) is 1. The van der Waals surface area contributed by atoms with Gasteiger partial charge in [0.2, 0.25) is 11.8 Å². The van der Waals surface area contributed by atoms with Crippen LogP contribution in [0, 0.1) is 12.8 Å². The van der Waals surface area contributed by atoms with Gasteiger partial charge in [0.1, 0.15) is 29.1 Å². The fraction of sp³-hybridized carbons (Fsp3) is 0.519. The molecule has 218 valence electrons. The number of rotatable bonds is 5. The lowest BCUT2D eigenvalue weighted by atomic mass is 10.1. The number of hydrogen-bond acceptors (Lipinski definition) is 9. The lowest BCUT2D eigenvalue weighted by Gasteiger charge is -2.24. The second-order valence-corrected chi connectivity index (χ2v) is 11.1. The Labute approximate surface area is 237 Å². The van der Waals surface area contributed by atoms with Crippen molar-refractivity contribution in [2.75, 3.05) is 32.8 Å². The number of aromatic nitrogens is 1. The molecule has 1 aliphatic rings. The predicted octanol–water partition coefficient (Wildman–Crippen LogP) is 0.744. The Morgan fingerprint density at radius 2 is 1.98 bits per heavy atom. The molecule has 0 radical (unpaired) electrons. The van der Waals surface area contributed by atoms with E-state index in [4.69, 9.17) is 10.5 Å². The van der Waals surface area contributed by atoms with Crippen molar-refractivity contribution >= 4 is 35.0 Å². The summed E-state index contributed by atoms with van der Waals surface area (Å²) in [6.07, 6.45) is -0.481. The first-order valence-electron chi connectivity index (χ1n) is 13.2. The number of aliphatic hydroxyl groups excluding tert-OH is 1. The van der Waals surface area contributed by atoms with Crippen molar-refractivity contribution in [1.29, 1.82) is 0 Å². The zero-order valence-electron chi connectivity index (χ0n) is 23.2. The van der Waals surface area contributed by atoms with E-state index in [1.165, 1.54) is 29.2 Å². The van der Waals surface area contributed by atoms with E-state index in [0.717, 1.165) is 5.56 Å². The van der Waals surface area contributed by atoms with Crippen LogP contribution in [0.1, 0.15) is 64.7 Å². The molecule has 12 nitrogen and oxygen atoms in total. The lowest BCUT2D eigenvalue weighted by Crippen LogP contribution is -2.53. The quantitative estimate of drug-likeness (QED) is 0.347. The first-order chi connectivity index (χ1) is 19.0. The molecule has 0 fully saturated rings. The third kappa shape index (κ3) is 8.47. The molecule has 13 heteroatoms. The molecule has 1 aliphatic heterocycles. The Morgan fingerprint density at radius 1 is 1.23 bits per heavy atom. The van der Waals surface area contributed by atoms with Gasteiger partial charge in [-0.1, -0.05) is 19.9 Å². The van der Waals surface area contributed by atoms with E-state index in [0.29, 0.717) is 23.1 Å². The topological polar surface area (TPSA) is 176 Å². The Morgan fingerprint density at radius 3 is 2.67 bits per heavy atom. The highest BCUT2D eigenvalue weighted by atomic mass is 32.1. The minimum Gasteiger partial charge on any atom is -0.491 e. The van der Waals surface area contributed by atoms with Crippen LogP contribution < -0.4 is 26.4 Å². The Hall–Kier alpha value is -3.55. The molecule has 2 heterocycles. The van der Waals surface area contributed by atoms with Crippen LogP contribution in [0.5, 0.6) is 5.75 Å². The fourth-order valence-corrected chi connectivity index (χ4v) is 4.92. The Kier molecular flexibility index (Phi) is 11.0. The summed E-state index contributed by atoms with van der Waals surface area (Å²) in [6.45, 7) is 7.29. The van der Waals surface area contributed by atoms with Gasteiger partial charge >= 0.3 is 0 Å². The molecule has 1 aromatic heterocycles. The SMILES string of the molecule is Cc1ccc2cc1OCCNC(=O)CN(C(=O)c1csc([C@@H](N)CC(C)C)n1)CCNC(=O)[C@H]([C@@H](C)O)NC2=O. The number of fused-ring (bicyclic) bond motifs is 2. The summed E-state index contributed by atoms with van der Waals surface area (Å²) < 4.78 is 5.77. The van der Waals surface area contributed by atoms with E-state index < -0.39 is 35.8 Å². The highest BCUT2D eigenvalue weighted by molar-refractivity contribution is 7.09. The summed E-state index contributed by atoms with van der Waals surface area (Å²) in [4.78, 5) is 57.5. The first-order valence-corrected chi connectivity index (χ1v) is 14.1. The molecule has 1 aromatic carbocycles. The number of carbonyl (C=O) groups is 4. The maximum absolute atomic E-state index is 13.3.